The van der Waals surface area contributed by atoms with Crippen molar-refractivity contribution in [2.24, 2.45) is 10.7 Å². The Morgan fingerprint density at radius 1 is 1.21 bits per heavy atom. The molecule has 0 amide bonds. The molecule has 0 atom stereocenters. The molecule has 2 aliphatic rings. The number of benzene rings is 1. The van der Waals surface area contributed by atoms with E-state index in [9.17, 15) is 0 Å². The number of aliphatic imine (C=N–C) groups is 1. The van der Waals surface area contributed by atoms with Crippen LogP contribution in [0.5, 0.6) is 0 Å². The quantitative estimate of drug-likeness (QED) is 0.504. The lowest BCUT2D eigenvalue weighted by molar-refractivity contribution is 0.347. The van der Waals surface area contributed by atoms with E-state index in [4.69, 9.17) is 5.73 Å². The van der Waals surface area contributed by atoms with Crippen LogP contribution in [0.4, 0.5) is 0 Å². The second-order valence-electron chi connectivity index (χ2n) is 5.56. The van der Waals surface area contributed by atoms with Crippen LogP contribution in [-0.2, 0) is 0 Å². The Balaban J connectivity index is 0.00000133. The Bertz CT molecular complexity index is 436. The summed E-state index contributed by atoms with van der Waals surface area (Å²) in [7, 11) is 2.06. The molecule has 2 N–H and O–H groups in total. The van der Waals surface area contributed by atoms with Gasteiger partial charge < -0.3 is 10.6 Å². The number of halogens is 1. The highest BCUT2D eigenvalue weighted by atomic mass is 127. The van der Waals surface area contributed by atoms with Crippen LogP contribution in [0.15, 0.2) is 35.3 Å². The lowest BCUT2D eigenvalue weighted by atomic mass is 9.76. The van der Waals surface area contributed by atoms with Gasteiger partial charge in [0, 0.05) is 13.1 Å². The maximum atomic E-state index is 6.03. The van der Waals surface area contributed by atoms with Crippen molar-refractivity contribution in [3.63, 3.8) is 0 Å². The summed E-state index contributed by atoms with van der Waals surface area (Å²) in [6, 6.07) is 11.8. The third-order valence-electron chi connectivity index (χ3n) is 4.15. The predicted molar refractivity (Wildman–Crippen MR) is 90.0 cm³/mol. The van der Waals surface area contributed by atoms with Gasteiger partial charge in [0.2, 0.25) is 0 Å². The zero-order valence-electron chi connectivity index (χ0n) is 11.3. The van der Waals surface area contributed by atoms with Gasteiger partial charge in [-0.2, -0.15) is 0 Å². The molecule has 0 aliphatic heterocycles. The molecule has 1 aromatic rings. The normalized spacial score (nSPS) is 26.3. The van der Waals surface area contributed by atoms with Gasteiger partial charge in [0.1, 0.15) is 0 Å². The SMILES string of the molecule is CN(C(N)=NC1CC(c2ccccc2)C1)C1CC1.I. The fourth-order valence-electron chi connectivity index (χ4n) is 2.62. The highest BCUT2D eigenvalue weighted by Gasteiger charge is 2.32. The number of rotatable bonds is 3. The second-order valence-corrected chi connectivity index (χ2v) is 5.56. The monoisotopic (exact) mass is 371 g/mol. The van der Waals surface area contributed by atoms with Crippen LogP contribution in [0, 0.1) is 0 Å². The summed E-state index contributed by atoms with van der Waals surface area (Å²) in [5.74, 6) is 1.41. The largest absolute Gasteiger partial charge is 0.370 e. The standard InChI is InChI=1S/C15H21N3.HI/c1-18(14-7-8-14)15(16)17-13-9-12(10-13)11-5-3-2-4-6-11;/h2-6,12-14H,7-10H2,1H3,(H2,16,17);1H. The smallest absolute Gasteiger partial charge is 0.191 e. The average molecular weight is 371 g/mol. The van der Waals surface area contributed by atoms with Crippen LogP contribution < -0.4 is 5.73 Å². The Morgan fingerprint density at radius 3 is 2.42 bits per heavy atom. The van der Waals surface area contributed by atoms with Crippen molar-refractivity contribution in [2.75, 3.05) is 7.05 Å². The molecule has 4 heteroatoms. The zero-order chi connectivity index (χ0) is 12.5. The molecule has 0 spiro atoms. The summed E-state index contributed by atoms with van der Waals surface area (Å²) in [5, 5.41) is 0. The Kier molecular flexibility index (Phi) is 4.71. The van der Waals surface area contributed by atoms with E-state index in [0.717, 1.165) is 18.8 Å². The minimum Gasteiger partial charge on any atom is -0.370 e. The molecule has 2 aliphatic carbocycles. The molecule has 2 saturated carbocycles. The van der Waals surface area contributed by atoms with Crippen molar-refractivity contribution in [1.29, 1.82) is 0 Å². The van der Waals surface area contributed by atoms with Gasteiger partial charge in [-0.05, 0) is 37.2 Å². The summed E-state index contributed by atoms with van der Waals surface area (Å²) in [4.78, 5) is 6.77. The maximum absolute atomic E-state index is 6.03. The first-order valence-electron chi connectivity index (χ1n) is 6.85. The van der Waals surface area contributed by atoms with Gasteiger partial charge >= 0.3 is 0 Å². The molecule has 0 saturated heterocycles. The molecule has 3 nitrogen and oxygen atoms in total. The van der Waals surface area contributed by atoms with Gasteiger partial charge in [0.25, 0.3) is 0 Å². The van der Waals surface area contributed by atoms with E-state index in [2.05, 4.69) is 47.3 Å². The number of hydrogen-bond acceptors (Lipinski definition) is 1. The third-order valence-corrected chi connectivity index (χ3v) is 4.15. The number of nitrogens with two attached hydrogens (primary N) is 1. The molecule has 2 fully saturated rings. The third kappa shape index (κ3) is 3.41. The fourth-order valence-corrected chi connectivity index (χ4v) is 2.62. The van der Waals surface area contributed by atoms with Crippen LogP contribution >= 0.6 is 24.0 Å². The first-order chi connectivity index (χ1) is 8.74. The molecule has 19 heavy (non-hydrogen) atoms. The summed E-state index contributed by atoms with van der Waals surface area (Å²) >= 11 is 0. The molecule has 0 heterocycles. The van der Waals surface area contributed by atoms with Crippen molar-refractivity contribution in [2.45, 2.75) is 43.7 Å². The summed E-state index contributed by atoms with van der Waals surface area (Å²) < 4.78 is 0. The lowest BCUT2D eigenvalue weighted by Crippen LogP contribution is -2.38. The molecule has 1 aromatic carbocycles. The summed E-state index contributed by atoms with van der Waals surface area (Å²) in [6.07, 6.45) is 4.82. The van der Waals surface area contributed by atoms with E-state index in [1.54, 1.807) is 0 Å². The molecule has 0 aromatic heterocycles. The Hall–Kier alpha value is -0.780. The van der Waals surface area contributed by atoms with E-state index in [0.29, 0.717) is 18.0 Å². The van der Waals surface area contributed by atoms with Crippen LogP contribution in [-0.4, -0.2) is 30.0 Å². The van der Waals surface area contributed by atoms with E-state index in [1.165, 1.54) is 18.4 Å². The van der Waals surface area contributed by atoms with Gasteiger partial charge in [-0.3, -0.25) is 0 Å². The first kappa shape index (κ1) is 14.6. The highest BCUT2D eigenvalue weighted by molar-refractivity contribution is 14.0. The van der Waals surface area contributed by atoms with Crippen molar-refractivity contribution < 1.29 is 0 Å². The second kappa shape index (κ2) is 6.11. The van der Waals surface area contributed by atoms with Gasteiger partial charge in [0.05, 0.1) is 6.04 Å². The maximum Gasteiger partial charge on any atom is 0.191 e. The van der Waals surface area contributed by atoms with Crippen LogP contribution in [0.25, 0.3) is 0 Å². The van der Waals surface area contributed by atoms with Gasteiger partial charge in [0.15, 0.2) is 5.96 Å². The minimum atomic E-state index is 0. The van der Waals surface area contributed by atoms with E-state index in [1.807, 2.05) is 0 Å². The average Bonchev–Trinajstić information content (AvgIpc) is 3.17. The minimum absolute atomic E-state index is 0. The predicted octanol–water partition coefficient (Wildman–Crippen LogP) is 2.96. The lowest BCUT2D eigenvalue weighted by Gasteiger charge is -2.34. The van der Waals surface area contributed by atoms with Crippen LogP contribution in [0.1, 0.15) is 37.2 Å². The number of guanidine groups is 1. The van der Waals surface area contributed by atoms with E-state index >= 15 is 0 Å². The fraction of sp³-hybridized carbons (Fsp3) is 0.533. The van der Waals surface area contributed by atoms with Crippen molar-refractivity contribution in [3.05, 3.63) is 35.9 Å². The Labute approximate surface area is 132 Å². The van der Waals surface area contributed by atoms with Gasteiger partial charge in [-0.15, -0.1) is 24.0 Å². The zero-order valence-corrected chi connectivity index (χ0v) is 13.7. The number of nitrogens with zero attached hydrogens (tertiary/aromatic N) is 2. The summed E-state index contributed by atoms with van der Waals surface area (Å²) in [5.41, 5.74) is 7.47. The van der Waals surface area contributed by atoms with E-state index in [-0.39, 0.29) is 24.0 Å². The molecular weight excluding hydrogens is 349 g/mol. The molecule has 0 bridgehead atoms. The molecule has 0 radical (unpaired) electrons. The van der Waals surface area contributed by atoms with Gasteiger partial charge in [-0.1, -0.05) is 30.3 Å². The topological polar surface area (TPSA) is 41.6 Å². The van der Waals surface area contributed by atoms with Crippen molar-refractivity contribution >= 4 is 29.9 Å². The first-order valence-corrected chi connectivity index (χ1v) is 6.85. The molecular formula is C15H22IN3. The molecule has 3 rings (SSSR count). The van der Waals surface area contributed by atoms with Crippen LogP contribution in [0.3, 0.4) is 0 Å². The summed E-state index contributed by atoms with van der Waals surface area (Å²) in [6.45, 7) is 0. The van der Waals surface area contributed by atoms with Gasteiger partial charge in [-0.25, -0.2) is 4.99 Å². The van der Waals surface area contributed by atoms with E-state index < -0.39 is 0 Å². The van der Waals surface area contributed by atoms with Crippen molar-refractivity contribution in [3.8, 4) is 0 Å². The van der Waals surface area contributed by atoms with Crippen LogP contribution in [0.2, 0.25) is 0 Å². The highest BCUT2D eigenvalue weighted by Crippen LogP contribution is 2.38. The Morgan fingerprint density at radius 2 is 1.84 bits per heavy atom. The molecule has 0 unspecified atom stereocenters. The number of hydrogen-bond donors (Lipinski definition) is 1. The van der Waals surface area contributed by atoms with Crippen molar-refractivity contribution in [1.82, 2.24) is 4.90 Å². The molecule has 104 valence electrons.